The van der Waals surface area contributed by atoms with E-state index >= 15 is 0 Å². The normalized spacial score (nSPS) is 16.5. The molecule has 0 aromatic heterocycles. The van der Waals surface area contributed by atoms with Gasteiger partial charge in [0, 0.05) is 17.5 Å². The average molecular weight is 588 g/mol. The molecular formula is C29H37N3O10. The van der Waals surface area contributed by atoms with Gasteiger partial charge in [-0.25, -0.2) is 4.79 Å². The molecule has 228 valence electrons. The Kier molecular flexibility index (Phi) is 12.4. The summed E-state index contributed by atoms with van der Waals surface area (Å²) in [7, 11) is 0. The third-order valence-electron chi connectivity index (χ3n) is 5.90. The van der Waals surface area contributed by atoms with Crippen LogP contribution in [0.4, 0.5) is 4.79 Å². The summed E-state index contributed by atoms with van der Waals surface area (Å²) in [5.41, 5.74) is 0.556. The summed E-state index contributed by atoms with van der Waals surface area (Å²) >= 11 is 0. The molecule has 13 heteroatoms. The van der Waals surface area contributed by atoms with Crippen molar-refractivity contribution in [1.29, 1.82) is 0 Å². The summed E-state index contributed by atoms with van der Waals surface area (Å²) in [6, 6.07) is 3.65. The maximum Gasteiger partial charge on any atom is 0.407 e. The van der Waals surface area contributed by atoms with E-state index in [-0.39, 0.29) is 49.3 Å². The molecule has 5 amide bonds. The first-order valence-electron chi connectivity index (χ1n) is 13.7. The molecule has 1 aromatic carbocycles. The van der Waals surface area contributed by atoms with Crippen LogP contribution in [0.25, 0.3) is 0 Å². The van der Waals surface area contributed by atoms with Gasteiger partial charge in [-0.15, -0.1) is 0 Å². The summed E-state index contributed by atoms with van der Waals surface area (Å²) in [6.07, 6.45) is -0.315. The number of fused-ring (bicyclic) bond motifs is 1. The molecule has 0 bridgehead atoms. The third kappa shape index (κ3) is 10.2. The number of amides is 5. The number of benzene rings is 1. The predicted molar refractivity (Wildman–Crippen MR) is 148 cm³/mol. The highest BCUT2D eigenvalue weighted by atomic mass is 16.6. The van der Waals surface area contributed by atoms with E-state index in [4.69, 9.17) is 23.7 Å². The molecule has 3 rings (SSSR count). The van der Waals surface area contributed by atoms with Crippen molar-refractivity contribution in [3.05, 3.63) is 34.9 Å². The quantitative estimate of drug-likeness (QED) is 0.183. The highest BCUT2D eigenvalue weighted by Gasteiger charge is 2.44. The zero-order valence-electron chi connectivity index (χ0n) is 24.1. The van der Waals surface area contributed by atoms with Crippen molar-refractivity contribution in [2.45, 2.75) is 45.2 Å². The predicted octanol–water partition coefficient (Wildman–Crippen LogP) is 1.03. The van der Waals surface area contributed by atoms with Gasteiger partial charge in [0.25, 0.3) is 11.8 Å². The van der Waals surface area contributed by atoms with Crippen LogP contribution in [0.5, 0.6) is 0 Å². The highest BCUT2D eigenvalue weighted by molar-refractivity contribution is 6.23. The largest absolute Gasteiger partial charge is 0.447 e. The Bertz CT molecular complexity index is 1210. The number of ether oxygens (including phenoxy) is 5. The Labute approximate surface area is 244 Å². The number of nitrogens with zero attached hydrogens (tertiary/aromatic N) is 1. The minimum absolute atomic E-state index is 0.0632. The molecule has 0 saturated carbocycles. The van der Waals surface area contributed by atoms with Gasteiger partial charge >= 0.3 is 6.09 Å². The molecule has 1 aromatic rings. The summed E-state index contributed by atoms with van der Waals surface area (Å²) in [4.78, 5) is 61.6. The molecule has 0 spiro atoms. The Morgan fingerprint density at radius 2 is 1.50 bits per heavy atom. The first kappa shape index (κ1) is 32.7. The maximum atomic E-state index is 12.9. The van der Waals surface area contributed by atoms with Crippen LogP contribution >= 0.6 is 0 Å². The monoisotopic (exact) mass is 587 g/mol. The van der Waals surface area contributed by atoms with Crippen LogP contribution < -0.4 is 10.6 Å². The molecule has 1 saturated heterocycles. The van der Waals surface area contributed by atoms with Gasteiger partial charge in [0.15, 0.2) is 0 Å². The van der Waals surface area contributed by atoms with Crippen LogP contribution in [0.2, 0.25) is 0 Å². The van der Waals surface area contributed by atoms with Gasteiger partial charge in [-0.05, 0) is 45.4 Å². The van der Waals surface area contributed by atoms with E-state index in [1.807, 2.05) is 20.8 Å². The number of rotatable bonds is 14. The molecule has 42 heavy (non-hydrogen) atoms. The van der Waals surface area contributed by atoms with Crippen molar-refractivity contribution in [2.75, 3.05) is 59.5 Å². The van der Waals surface area contributed by atoms with Crippen molar-refractivity contribution in [1.82, 2.24) is 15.5 Å². The number of imide groups is 2. The lowest BCUT2D eigenvalue weighted by Crippen LogP contribution is -2.54. The Morgan fingerprint density at radius 1 is 0.905 bits per heavy atom. The van der Waals surface area contributed by atoms with Gasteiger partial charge in [0.05, 0.1) is 57.4 Å². The summed E-state index contributed by atoms with van der Waals surface area (Å²) < 4.78 is 26.6. The minimum atomic E-state index is -1.01. The molecule has 2 aliphatic heterocycles. The number of nitrogens with one attached hydrogen (secondary N) is 2. The standard InChI is InChI=1S/C29H37N3O10/c1-29(2,3)31-28(37)42-18-17-41-16-15-40-14-13-39-12-11-38-10-4-5-20-6-7-21-22(19-20)27(36)32(26(21)35)23-8-9-24(33)30-25(23)34/h6-7,19,23H,8-18H2,1-3H3,(H,31,37)(H,30,33,34). The maximum absolute atomic E-state index is 12.9. The fourth-order valence-electron chi connectivity index (χ4n) is 4.01. The molecule has 2 heterocycles. The zero-order valence-corrected chi connectivity index (χ0v) is 24.1. The van der Waals surface area contributed by atoms with Crippen molar-refractivity contribution < 1.29 is 47.7 Å². The fraction of sp³-hybridized carbons (Fsp3) is 0.552. The van der Waals surface area contributed by atoms with Crippen molar-refractivity contribution in [3.8, 4) is 11.8 Å². The fourth-order valence-corrected chi connectivity index (χ4v) is 4.01. The van der Waals surface area contributed by atoms with Gasteiger partial charge in [-0.1, -0.05) is 11.8 Å². The minimum Gasteiger partial charge on any atom is -0.447 e. The first-order valence-corrected chi connectivity index (χ1v) is 13.7. The molecule has 1 fully saturated rings. The van der Waals surface area contributed by atoms with E-state index < -0.39 is 35.8 Å². The van der Waals surface area contributed by atoms with Crippen molar-refractivity contribution >= 4 is 29.7 Å². The lowest BCUT2D eigenvalue weighted by atomic mass is 10.0. The second-order valence-electron chi connectivity index (χ2n) is 10.4. The van der Waals surface area contributed by atoms with Crippen LogP contribution in [0.3, 0.4) is 0 Å². The lowest BCUT2D eigenvalue weighted by molar-refractivity contribution is -0.136. The smallest absolute Gasteiger partial charge is 0.407 e. The highest BCUT2D eigenvalue weighted by Crippen LogP contribution is 2.28. The van der Waals surface area contributed by atoms with E-state index in [9.17, 15) is 24.0 Å². The van der Waals surface area contributed by atoms with Crippen LogP contribution in [0, 0.1) is 11.8 Å². The third-order valence-corrected chi connectivity index (χ3v) is 5.90. The summed E-state index contributed by atoms with van der Waals surface area (Å²) in [5.74, 6) is 3.54. The Balaban J connectivity index is 1.22. The molecule has 2 N–H and O–H groups in total. The number of alkyl carbamates (subject to hydrolysis) is 1. The second-order valence-corrected chi connectivity index (χ2v) is 10.4. The lowest BCUT2D eigenvalue weighted by Gasteiger charge is -2.27. The van der Waals surface area contributed by atoms with E-state index in [1.165, 1.54) is 12.1 Å². The average Bonchev–Trinajstić information content (AvgIpc) is 3.16. The van der Waals surface area contributed by atoms with Gasteiger partial charge in [-0.3, -0.25) is 29.4 Å². The van der Waals surface area contributed by atoms with E-state index in [2.05, 4.69) is 22.5 Å². The van der Waals surface area contributed by atoms with Crippen molar-refractivity contribution in [3.63, 3.8) is 0 Å². The van der Waals surface area contributed by atoms with Crippen LogP contribution in [0.15, 0.2) is 18.2 Å². The van der Waals surface area contributed by atoms with Crippen LogP contribution in [-0.4, -0.2) is 106 Å². The number of carbonyl (C=O) groups is 5. The van der Waals surface area contributed by atoms with Crippen molar-refractivity contribution in [2.24, 2.45) is 0 Å². The topological polar surface area (TPSA) is 159 Å². The Morgan fingerprint density at radius 3 is 2.12 bits per heavy atom. The molecule has 1 atom stereocenters. The molecular weight excluding hydrogens is 550 g/mol. The van der Waals surface area contributed by atoms with E-state index in [0.29, 0.717) is 45.2 Å². The number of hydrogen-bond donors (Lipinski definition) is 2. The van der Waals surface area contributed by atoms with Crippen LogP contribution in [0.1, 0.15) is 59.9 Å². The van der Waals surface area contributed by atoms with E-state index in [0.717, 1.165) is 4.90 Å². The number of piperidine rings is 1. The Hall–Kier alpha value is -3.83. The SMILES string of the molecule is CC(C)(C)NC(=O)OCCOCCOCCOCCOCC#Cc1ccc2c(c1)C(=O)N(C1CCC(=O)NC1=O)C2=O. The van der Waals surface area contributed by atoms with Gasteiger partial charge < -0.3 is 29.0 Å². The second kappa shape index (κ2) is 16.0. The van der Waals surface area contributed by atoms with Gasteiger partial charge in [0.1, 0.15) is 19.3 Å². The summed E-state index contributed by atoms with van der Waals surface area (Å²) in [6.45, 7) is 8.44. The molecule has 0 radical (unpaired) electrons. The van der Waals surface area contributed by atoms with Gasteiger partial charge in [0.2, 0.25) is 11.8 Å². The van der Waals surface area contributed by atoms with E-state index in [1.54, 1.807) is 6.07 Å². The molecule has 2 aliphatic rings. The van der Waals surface area contributed by atoms with Crippen LogP contribution in [-0.2, 0) is 33.3 Å². The molecule has 13 nitrogen and oxygen atoms in total. The number of carbonyl (C=O) groups excluding carboxylic acids is 5. The first-order chi connectivity index (χ1) is 20.1. The van der Waals surface area contributed by atoms with Gasteiger partial charge in [-0.2, -0.15) is 0 Å². The zero-order chi connectivity index (χ0) is 30.5. The summed E-state index contributed by atoms with van der Waals surface area (Å²) in [5, 5.41) is 4.86. The number of hydrogen-bond acceptors (Lipinski definition) is 10. The molecule has 1 unspecified atom stereocenters. The molecule has 0 aliphatic carbocycles.